The van der Waals surface area contributed by atoms with E-state index in [0.717, 1.165) is 22.5 Å². The number of halogens is 2. The van der Waals surface area contributed by atoms with Crippen molar-refractivity contribution in [2.75, 3.05) is 0 Å². The molecule has 84 valence electrons. The quantitative estimate of drug-likeness (QED) is 0.867. The predicted octanol–water partition coefficient (Wildman–Crippen LogP) is 3.15. The van der Waals surface area contributed by atoms with Crippen LogP contribution in [0, 0.1) is 6.92 Å². The van der Waals surface area contributed by atoms with Crippen molar-refractivity contribution in [1.29, 1.82) is 0 Å². The van der Waals surface area contributed by atoms with Gasteiger partial charge in [0, 0.05) is 17.8 Å². The van der Waals surface area contributed by atoms with Gasteiger partial charge < -0.3 is 5.73 Å². The third-order valence-electron chi connectivity index (χ3n) is 2.42. The number of aromatic amines is 1. The van der Waals surface area contributed by atoms with E-state index in [1.165, 1.54) is 0 Å². The summed E-state index contributed by atoms with van der Waals surface area (Å²) < 4.78 is 0. The van der Waals surface area contributed by atoms with Crippen molar-refractivity contribution in [2.45, 2.75) is 13.5 Å². The molecule has 0 saturated heterocycles. The first-order valence-electron chi connectivity index (χ1n) is 4.83. The minimum Gasteiger partial charge on any atom is -0.325 e. The van der Waals surface area contributed by atoms with E-state index >= 15 is 0 Å². The molecular formula is C11H11Cl2N3. The van der Waals surface area contributed by atoms with Gasteiger partial charge >= 0.3 is 0 Å². The molecule has 3 nitrogen and oxygen atoms in total. The molecule has 5 heteroatoms. The van der Waals surface area contributed by atoms with Gasteiger partial charge in [0.05, 0.1) is 15.7 Å². The van der Waals surface area contributed by atoms with E-state index in [0.29, 0.717) is 16.6 Å². The smallest absolute Gasteiger partial charge is 0.0838 e. The van der Waals surface area contributed by atoms with Crippen LogP contribution >= 0.6 is 23.2 Å². The lowest BCUT2D eigenvalue weighted by molar-refractivity contribution is 0.940. The average Bonchev–Trinajstić information content (AvgIpc) is 2.64. The van der Waals surface area contributed by atoms with Crippen molar-refractivity contribution in [2.24, 2.45) is 5.73 Å². The van der Waals surface area contributed by atoms with Gasteiger partial charge in [-0.3, -0.25) is 5.10 Å². The Hall–Kier alpha value is -1.03. The molecule has 0 radical (unpaired) electrons. The molecular weight excluding hydrogens is 245 g/mol. The fraction of sp³-hybridized carbons (Fsp3) is 0.182. The third kappa shape index (κ3) is 1.94. The second-order valence-corrected chi connectivity index (χ2v) is 4.32. The van der Waals surface area contributed by atoms with E-state index in [2.05, 4.69) is 10.2 Å². The van der Waals surface area contributed by atoms with Crippen LogP contribution in [-0.2, 0) is 6.54 Å². The van der Waals surface area contributed by atoms with Crippen LogP contribution in [0.2, 0.25) is 10.0 Å². The summed E-state index contributed by atoms with van der Waals surface area (Å²) >= 11 is 11.9. The normalized spacial score (nSPS) is 10.8. The molecule has 16 heavy (non-hydrogen) atoms. The number of nitrogens with two attached hydrogens (primary N) is 1. The molecule has 0 fully saturated rings. The topological polar surface area (TPSA) is 54.7 Å². The van der Waals surface area contributed by atoms with Gasteiger partial charge in [-0.25, -0.2) is 0 Å². The van der Waals surface area contributed by atoms with Crippen LogP contribution in [0.5, 0.6) is 0 Å². The van der Waals surface area contributed by atoms with Gasteiger partial charge in [-0.1, -0.05) is 29.3 Å². The van der Waals surface area contributed by atoms with E-state index in [4.69, 9.17) is 28.9 Å². The first-order valence-corrected chi connectivity index (χ1v) is 5.58. The van der Waals surface area contributed by atoms with Crippen LogP contribution in [0.15, 0.2) is 18.2 Å². The predicted molar refractivity (Wildman–Crippen MR) is 66.7 cm³/mol. The Morgan fingerprint density at radius 2 is 2.06 bits per heavy atom. The van der Waals surface area contributed by atoms with Crippen LogP contribution in [0.1, 0.15) is 11.4 Å². The highest BCUT2D eigenvalue weighted by atomic mass is 35.5. The highest BCUT2D eigenvalue weighted by Gasteiger charge is 2.12. The zero-order valence-corrected chi connectivity index (χ0v) is 10.2. The van der Waals surface area contributed by atoms with E-state index in [9.17, 15) is 0 Å². The van der Waals surface area contributed by atoms with Crippen molar-refractivity contribution in [1.82, 2.24) is 10.2 Å². The van der Waals surface area contributed by atoms with Crippen LogP contribution in [0.4, 0.5) is 0 Å². The van der Waals surface area contributed by atoms with Crippen molar-refractivity contribution in [3.8, 4) is 11.1 Å². The number of nitrogens with zero attached hydrogens (tertiary/aromatic N) is 1. The molecule has 0 aliphatic carbocycles. The maximum absolute atomic E-state index is 5.98. The molecule has 0 unspecified atom stereocenters. The van der Waals surface area contributed by atoms with E-state index < -0.39 is 0 Å². The minimum absolute atomic E-state index is 0.389. The number of rotatable bonds is 2. The first-order chi connectivity index (χ1) is 7.63. The van der Waals surface area contributed by atoms with E-state index in [-0.39, 0.29) is 0 Å². The molecule has 0 saturated carbocycles. The number of benzene rings is 1. The Kier molecular flexibility index (Phi) is 3.19. The molecule has 1 aromatic carbocycles. The molecule has 0 amide bonds. The third-order valence-corrected chi connectivity index (χ3v) is 3.16. The van der Waals surface area contributed by atoms with Crippen LogP contribution in [0.25, 0.3) is 11.1 Å². The number of hydrogen-bond acceptors (Lipinski definition) is 2. The number of H-pyrrole nitrogens is 1. The molecule has 2 rings (SSSR count). The summed E-state index contributed by atoms with van der Waals surface area (Å²) in [5, 5.41) is 8.12. The highest BCUT2D eigenvalue weighted by Crippen LogP contribution is 2.31. The van der Waals surface area contributed by atoms with Crippen LogP contribution in [-0.4, -0.2) is 10.2 Å². The summed E-state index contributed by atoms with van der Waals surface area (Å²) in [5.74, 6) is 0. The second kappa shape index (κ2) is 4.45. The van der Waals surface area contributed by atoms with Gasteiger partial charge in [-0.15, -0.1) is 0 Å². The molecule has 1 aromatic heterocycles. The summed E-state index contributed by atoms with van der Waals surface area (Å²) in [6.07, 6.45) is 0. The zero-order valence-electron chi connectivity index (χ0n) is 8.72. The fourth-order valence-electron chi connectivity index (χ4n) is 1.66. The van der Waals surface area contributed by atoms with Gasteiger partial charge in [-0.05, 0) is 24.6 Å². The Balaban J connectivity index is 2.57. The first kappa shape index (κ1) is 11.5. The molecule has 0 spiro atoms. The summed E-state index contributed by atoms with van der Waals surface area (Å²) in [7, 11) is 0. The van der Waals surface area contributed by atoms with Crippen LogP contribution in [0.3, 0.4) is 0 Å². The maximum atomic E-state index is 5.98. The molecule has 0 aliphatic heterocycles. The molecule has 0 bridgehead atoms. The molecule has 3 N–H and O–H groups in total. The Morgan fingerprint density at radius 1 is 1.31 bits per heavy atom. The lowest BCUT2D eigenvalue weighted by atomic mass is 10.0. The summed E-state index contributed by atoms with van der Waals surface area (Å²) in [6, 6.07) is 5.50. The number of nitrogens with one attached hydrogen (secondary N) is 1. The largest absolute Gasteiger partial charge is 0.325 e. The Morgan fingerprint density at radius 3 is 2.69 bits per heavy atom. The van der Waals surface area contributed by atoms with E-state index in [1.807, 2.05) is 19.1 Å². The van der Waals surface area contributed by atoms with Crippen molar-refractivity contribution in [3.05, 3.63) is 39.6 Å². The Labute approximate surface area is 104 Å². The molecule has 0 atom stereocenters. The van der Waals surface area contributed by atoms with E-state index in [1.54, 1.807) is 6.07 Å². The summed E-state index contributed by atoms with van der Waals surface area (Å²) in [6.45, 7) is 2.34. The number of aryl methyl sites for hydroxylation is 1. The second-order valence-electron chi connectivity index (χ2n) is 3.50. The standard InChI is InChI=1S/C11H11Cl2N3/c1-6-11(10(5-14)16-15-6)7-2-3-8(12)9(13)4-7/h2-4H,5,14H2,1H3,(H,15,16). The fourth-order valence-corrected chi connectivity index (χ4v) is 1.96. The van der Waals surface area contributed by atoms with Crippen molar-refractivity contribution in [3.63, 3.8) is 0 Å². The Bertz CT molecular complexity index is 520. The van der Waals surface area contributed by atoms with Crippen molar-refractivity contribution < 1.29 is 0 Å². The van der Waals surface area contributed by atoms with Gasteiger partial charge in [0.25, 0.3) is 0 Å². The maximum Gasteiger partial charge on any atom is 0.0838 e. The SMILES string of the molecule is Cc1[nH]nc(CN)c1-c1ccc(Cl)c(Cl)c1. The van der Waals surface area contributed by atoms with Crippen molar-refractivity contribution >= 4 is 23.2 Å². The van der Waals surface area contributed by atoms with Gasteiger partial charge in [-0.2, -0.15) is 5.10 Å². The molecule has 0 aliphatic rings. The number of aromatic nitrogens is 2. The molecule has 2 aromatic rings. The van der Waals surface area contributed by atoms with Crippen LogP contribution < -0.4 is 5.73 Å². The minimum atomic E-state index is 0.389. The monoisotopic (exact) mass is 255 g/mol. The zero-order chi connectivity index (χ0) is 11.7. The number of hydrogen-bond donors (Lipinski definition) is 2. The highest BCUT2D eigenvalue weighted by molar-refractivity contribution is 6.42. The lowest BCUT2D eigenvalue weighted by Crippen LogP contribution is -1.98. The summed E-state index contributed by atoms with van der Waals surface area (Å²) in [4.78, 5) is 0. The average molecular weight is 256 g/mol. The lowest BCUT2D eigenvalue weighted by Gasteiger charge is -2.04. The van der Waals surface area contributed by atoms with Gasteiger partial charge in [0.15, 0.2) is 0 Å². The van der Waals surface area contributed by atoms with Gasteiger partial charge in [0.1, 0.15) is 0 Å². The summed E-state index contributed by atoms with van der Waals surface area (Å²) in [5.41, 5.74) is 9.40. The van der Waals surface area contributed by atoms with Gasteiger partial charge in [0.2, 0.25) is 0 Å². The molecule has 1 heterocycles.